The maximum absolute atomic E-state index is 11.2. The second-order valence-corrected chi connectivity index (χ2v) is 4.89. The molecule has 0 spiro atoms. The van der Waals surface area contributed by atoms with Crippen LogP contribution in [-0.4, -0.2) is 54.2 Å². The molecule has 0 atom stereocenters. The summed E-state index contributed by atoms with van der Waals surface area (Å²) in [4.78, 5) is 0. The number of hydrogen-bond acceptors (Lipinski definition) is 5. The molecule has 0 amide bonds. The number of rotatable bonds is 10. The first-order valence-electron chi connectivity index (χ1n) is 4.86. The van der Waals surface area contributed by atoms with Crippen molar-refractivity contribution in [1.82, 2.24) is 4.72 Å². The average molecular weight is 240 g/mol. The predicted octanol–water partition coefficient (Wildman–Crippen LogP) is -1.08. The van der Waals surface area contributed by atoms with Gasteiger partial charge in [-0.15, -0.1) is 0 Å². The molecule has 3 N–H and O–H groups in total. The van der Waals surface area contributed by atoms with Crippen molar-refractivity contribution in [2.24, 2.45) is 5.73 Å². The number of sulfonamides is 1. The highest BCUT2D eigenvalue weighted by Crippen LogP contribution is 1.87. The molecule has 0 aliphatic heterocycles. The Bertz CT molecular complexity index is 231. The summed E-state index contributed by atoms with van der Waals surface area (Å²) in [6.07, 6.45) is 0.645. The minimum atomic E-state index is -3.19. The van der Waals surface area contributed by atoms with E-state index in [9.17, 15) is 8.42 Å². The molecule has 0 heterocycles. The van der Waals surface area contributed by atoms with Crippen molar-refractivity contribution in [3.8, 4) is 0 Å². The van der Waals surface area contributed by atoms with Crippen LogP contribution in [0.3, 0.4) is 0 Å². The summed E-state index contributed by atoms with van der Waals surface area (Å²) in [5, 5.41) is 0. The van der Waals surface area contributed by atoms with Gasteiger partial charge in [0.1, 0.15) is 0 Å². The van der Waals surface area contributed by atoms with E-state index in [0.29, 0.717) is 32.7 Å². The van der Waals surface area contributed by atoms with Gasteiger partial charge in [-0.05, 0) is 6.42 Å². The standard InChI is InChI=1S/C8H20N2O4S/c1-13-7-8-15(11,12)10-4-2-5-14-6-3-9/h10H,2-9H2,1H3. The Morgan fingerprint density at radius 2 is 2.00 bits per heavy atom. The molecule has 92 valence electrons. The third kappa shape index (κ3) is 10.1. The summed E-state index contributed by atoms with van der Waals surface area (Å²) in [6.45, 7) is 2.11. The number of nitrogens with one attached hydrogen (secondary N) is 1. The van der Waals surface area contributed by atoms with E-state index in [1.54, 1.807) is 0 Å². The summed E-state index contributed by atoms with van der Waals surface area (Å²) in [5.74, 6) is -0.00679. The minimum absolute atomic E-state index is 0.00679. The molecule has 7 heteroatoms. The molecule has 0 saturated carbocycles. The van der Waals surface area contributed by atoms with Crippen molar-refractivity contribution in [3.05, 3.63) is 0 Å². The molecule has 6 nitrogen and oxygen atoms in total. The van der Waals surface area contributed by atoms with Crippen molar-refractivity contribution in [2.45, 2.75) is 6.42 Å². The molecular formula is C8H20N2O4S. The first-order chi connectivity index (χ1) is 7.12. The van der Waals surface area contributed by atoms with E-state index >= 15 is 0 Å². The molecule has 0 aliphatic rings. The van der Waals surface area contributed by atoms with Crippen LogP contribution in [0.1, 0.15) is 6.42 Å². The van der Waals surface area contributed by atoms with Crippen LogP contribution in [0.4, 0.5) is 0 Å². The molecule has 0 aromatic rings. The molecular weight excluding hydrogens is 220 g/mol. The van der Waals surface area contributed by atoms with Gasteiger partial charge < -0.3 is 15.2 Å². The lowest BCUT2D eigenvalue weighted by molar-refractivity contribution is 0.140. The van der Waals surface area contributed by atoms with Crippen molar-refractivity contribution >= 4 is 10.0 Å². The van der Waals surface area contributed by atoms with Gasteiger partial charge in [0.15, 0.2) is 0 Å². The highest BCUT2D eigenvalue weighted by molar-refractivity contribution is 7.89. The number of nitrogens with two attached hydrogens (primary N) is 1. The Kier molecular flexibility index (Phi) is 8.92. The fraction of sp³-hybridized carbons (Fsp3) is 1.00. The van der Waals surface area contributed by atoms with Crippen molar-refractivity contribution in [2.75, 3.05) is 45.8 Å². The normalized spacial score (nSPS) is 11.9. The zero-order chi connectivity index (χ0) is 11.6. The molecule has 0 fully saturated rings. The van der Waals surface area contributed by atoms with E-state index in [4.69, 9.17) is 10.5 Å². The van der Waals surface area contributed by atoms with Gasteiger partial charge in [0.25, 0.3) is 0 Å². The number of ether oxygens (including phenoxy) is 2. The van der Waals surface area contributed by atoms with Crippen molar-refractivity contribution in [3.63, 3.8) is 0 Å². The summed E-state index contributed by atoms with van der Waals surface area (Å²) < 4.78 is 34.7. The molecule has 0 aliphatic carbocycles. The Morgan fingerprint density at radius 1 is 1.27 bits per heavy atom. The quantitative estimate of drug-likeness (QED) is 0.474. The van der Waals surface area contributed by atoms with Gasteiger partial charge in [0.05, 0.1) is 19.0 Å². The Hall–Kier alpha value is -0.210. The largest absolute Gasteiger partial charge is 0.384 e. The smallest absolute Gasteiger partial charge is 0.213 e. The summed E-state index contributed by atoms with van der Waals surface area (Å²) in [5.41, 5.74) is 5.22. The SMILES string of the molecule is COCCS(=O)(=O)NCCCOCCN. The second kappa shape index (κ2) is 9.05. The van der Waals surface area contributed by atoms with Gasteiger partial charge in [-0.2, -0.15) is 0 Å². The van der Waals surface area contributed by atoms with E-state index < -0.39 is 10.0 Å². The Balaban J connectivity index is 3.41. The summed E-state index contributed by atoms with van der Waals surface area (Å²) in [7, 11) is -1.72. The van der Waals surface area contributed by atoms with Gasteiger partial charge in [0.2, 0.25) is 10.0 Å². The van der Waals surface area contributed by atoms with Crippen LogP contribution in [0.25, 0.3) is 0 Å². The first kappa shape index (κ1) is 14.8. The minimum Gasteiger partial charge on any atom is -0.384 e. The zero-order valence-electron chi connectivity index (χ0n) is 9.07. The summed E-state index contributed by atoms with van der Waals surface area (Å²) >= 11 is 0. The Morgan fingerprint density at radius 3 is 2.60 bits per heavy atom. The zero-order valence-corrected chi connectivity index (χ0v) is 9.88. The van der Waals surface area contributed by atoms with Crippen LogP contribution < -0.4 is 10.5 Å². The van der Waals surface area contributed by atoms with E-state index in [0.717, 1.165) is 0 Å². The molecule has 0 rings (SSSR count). The second-order valence-electron chi connectivity index (χ2n) is 2.96. The predicted molar refractivity (Wildman–Crippen MR) is 58.2 cm³/mol. The van der Waals surface area contributed by atoms with Gasteiger partial charge >= 0.3 is 0 Å². The molecule has 15 heavy (non-hydrogen) atoms. The van der Waals surface area contributed by atoms with Crippen LogP contribution in [0.15, 0.2) is 0 Å². The van der Waals surface area contributed by atoms with E-state index in [2.05, 4.69) is 9.46 Å². The van der Waals surface area contributed by atoms with E-state index in [1.807, 2.05) is 0 Å². The van der Waals surface area contributed by atoms with Crippen LogP contribution in [0.5, 0.6) is 0 Å². The van der Waals surface area contributed by atoms with Crippen LogP contribution in [0.2, 0.25) is 0 Å². The molecule has 0 aromatic carbocycles. The number of methoxy groups -OCH3 is 1. The van der Waals surface area contributed by atoms with Gasteiger partial charge in [0, 0.05) is 26.8 Å². The number of hydrogen-bond donors (Lipinski definition) is 2. The third-order valence-electron chi connectivity index (χ3n) is 1.61. The molecule has 0 saturated heterocycles. The maximum Gasteiger partial charge on any atom is 0.213 e. The molecule has 0 aromatic heterocycles. The topological polar surface area (TPSA) is 90.7 Å². The average Bonchev–Trinajstić information content (AvgIpc) is 2.20. The Labute approximate surface area is 91.2 Å². The fourth-order valence-electron chi connectivity index (χ4n) is 0.853. The lowest BCUT2D eigenvalue weighted by Gasteiger charge is -2.06. The van der Waals surface area contributed by atoms with E-state index in [1.165, 1.54) is 7.11 Å². The lowest BCUT2D eigenvalue weighted by atomic mass is 10.5. The molecule has 0 radical (unpaired) electrons. The van der Waals surface area contributed by atoms with Crippen LogP contribution >= 0.6 is 0 Å². The molecule has 0 unspecified atom stereocenters. The third-order valence-corrected chi connectivity index (χ3v) is 2.95. The lowest BCUT2D eigenvalue weighted by Crippen LogP contribution is -2.29. The van der Waals surface area contributed by atoms with Gasteiger partial charge in [-0.1, -0.05) is 0 Å². The van der Waals surface area contributed by atoms with Crippen LogP contribution in [0, 0.1) is 0 Å². The van der Waals surface area contributed by atoms with Crippen molar-refractivity contribution in [1.29, 1.82) is 0 Å². The first-order valence-corrected chi connectivity index (χ1v) is 6.51. The van der Waals surface area contributed by atoms with E-state index in [-0.39, 0.29) is 12.4 Å². The van der Waals surface area contributed by atoms with Crippen LogP contribution in [-0.2, 0) is 19.5 Å². The highest BCUT2D eigenvalue weighted by atomic mass is 32.2. The monoisotopic (exact) mass is 240 g/mol. The fourth-order valence-corrected chi connectivity index (χ4v) is 1.84. The summed E-state index contributed by atoms with van der Waals surface area (Å²) in [6, 6.07) is 0. The highest BCUT2D eigenvalue weighted by Gasteiger charge is 2.07. The van der Waals surface area contributed by atoms with Gasteiger partial charge in [-0.3, -0.25) is 0 Å². The van der Waals surface area contributed by atoms with Crippen molar-refractivity contribution < 1.29 is 17.9 Å². The van der Waals surface area contributed by atoms with Gasteiger partial charge in [-0.25, -0.2) is 13.1 Å². The maximum atomic E-state index is 11.2. The molecule has 0 bridgehead atoms.